The van der Waals surface area contributed by atoms with Gasteiger partial charge in [-0.1, -0.05) is 48.9 Å². The molecule has 0 saturated heterocycles. The zero-order valence-electron chi connectivity index (χ0n) is 15.9. The molecule has 0 saturated carbocycles. The molecule has 0 bridgehead atoms. The average Bonchev–Trinajstić information content (AvgIpc) is 2.67. The van der Waals surface area contributed by atoms with Crippen molar-refractivity contribution in [2.75, 3.05) is 12.4 Å². The van der Waals surface area contributed by atoms with Crippen LogP contribution in [0.15, 0.2) is 60.7 Å². The first kappa shape index (κ1) is 19.9. The first-order chi connectivity index (χ1) is 13.4. The van der Waals surface area contributed by atoms with Crippen molar-refractivity contribution in [3.05, 3.63) is 82.6 Å². The number of rotatable bonds is 5. The van der Waals surface area contributed by atoms with E-state index in [-0.39, 0.29) is 17.6 Å². The lowest BCUT2D eigenvalue weighted by atomic mass is 9.89. The Labute approximate surface area is 169 Å². The van der Waals surface area contributed by atoms with E-state index in [1.54, 1.807) is 30.3 Å². The minimum absolute atomic E-state index is 0.131. The summed E-state index contributed by atoms with van der Waals surface area (Å²) in [6, 6.07) is 18.0. The van der Waals surface area contributed by atoms with Crippen molar-refractivity contribution in [1.82, 2.24) is 0 Å². The molecular weight excluding hydrogens is 377 g/mol. The van der Waals surface area contributed by atoms with E-state index in [2.05, 4.69) is 5.32 Å². The van der Waals surface area contributed by atoms with Crippen molar-refractivity contribution in [3.8, 4) is 16.9 Å². The number of carbonyl (C=O) groups excluding carboxylic acids is 1. The summed E-state index contributed by atoms with van der Waals surface area (Å²) in [6.07, 6.45) is 0. The molecule has 0 unspecified atom stereocenters. The zero-order valence-corrected chi connectivity index (χ0v) is 16.7. The minimum Gasteiger partial charge on any atom is -0.496 e. The monoisotopic (exact) mass is 397 g/mol. The van der Waals surface area contributed by atoms with Gasteiger partial charge in [0.2, 0.25) is 5.91 Å². The predicted octanol–water partition coefficient (Wildman–Crippen LogP) is 6.26. The van der Waals surface area contributed by atoms with E-state index in [4.69, 9.17) is 16.3 Å². The van der Waals surface area contributed by atoms with Gasteiger partial charge in [0.05, 0.1) is 12.7 Å². The van der Waals surface area contributed by atoms with Crippen LogP contribution in [-0.4, -0.2) is 13.0 Å². The molecule has 144 valence electrons. The fourth-order valence-electron chi connectivity index (χ4n) is 3.23. The van der Waals surface area contributed by atoms with Crippen LogP contribution in [0.5, 0.6) is 5.75 Å². The number of carbonyl (C=O) groups is 1. The van der Waals surface area contributed by atoms with E-state index >= 15 is 4.39 Å². The molecule has 0 spiro atoms. The molecule has 0 aliphatic heterocycles. The number of anilines is 1. The minimum atomic E-state index is -0.333. The fraction of sp³-hybridized carbons (Fsp3) is 0.174. The molecule has 3 aromatic rings. The smallest absolute Gasteiger partial charge is 0.221 e. The van der Waals surface area contributed by atoms with Gasteiger partial charge in [-0.2, -0.15) is 0 Å². The Morgan fingerprint density at radius 1 is 1.11 bits per heavy atom. The van der Waals surface area contributed by atoms with E-state index in [9.17, 15) is 4.79 Å². The summed E-state index contributed by atoms with van der Waals surface area (Å²) in [5, 5.41) is 3.26. The summed E-state index contributed by atoms with van der Waals surface area (Å²) < 4.78 is 20.9. The maximum Gasteiger partial charge on any atom is 0.221 e. The Balaban J connectivity index is 2.02. The molecule has 1 amide bonds. The second-order valence-electron chi connectivity index (χ2n) is 6.58. The number of ether oxygens (including phenoxy) is 1. The van der Waals surface area contributed by atoms with Crippen molar-refractivity contribution in [1.29, 1.82) is 0 Å². The lowest BCUT2D eigenvalue weighted by molar-refractivity contribution is -0.114. The van der Waals surface area contributed by atoms with Gasteiger partial charge in [-0.25, -0.2) is 4.39 Å². The standard InChI is InChI=1S/C23H21ClFNO2/c1-14(16-7-9-19(10-8-16)26-15(2)27)20-11-12-21(28-3)22(23(20)25)17-5-4-6-18(24)13-17/h4-14H,1-3H3,(H,26,27)/t14-/m0/s1. The summed E-state index contributed by atoms with van der Waals surface area (Å²) in [5.74, 6) is -0.194. The third-order valence-corrected chi connectivity index (χ3v) is 4.90. The second-order valence-corrected chi connectivity index (χ2v) is 7.02. The van der Waals surface area contributed by atoms with Gasteiger partial charge in [-0.05, 0) is 47.0 Å². The molecule has 0 aromatic heterocycles. The SMILES string of the molecule is COc1ccc([C@@H](C)c2ccc(NC(C)=O)cc2)c(F)c1-c1cccc(Cl)c1. The second kappa shape index (κ2) is 8.44. The Bertz CT molecular complexity index is 1000. The zero-order chi connectivity index (χ0) is 20.3. The molecule has 1 atom stereocenters. The number of benzene rings is 3. The third kappa shape index (κ3) is 4.18. The van der Waals surface area contributed by atoms with Gasteiger partial charge in [-0.3, -0.25) is 4.79 Å². The average molecular weight is 398 g/mol. The Hall–Kier alpha value is -2.85. The molecule has 0 radical (unpaired) electrons. The van der Waals surface area contributed by atoms with E-state index in [0.29, 0.717) is 33.1 Å². The highest BCUT2D eigenvalue weighted by atomic mass is 35.5. The van der Waals surface area contributed by atoms with Gasteiger partial charge in [0.15, 0.2) is 0 Å². The summed E-state index contributed by atoms with van der Waals surface area (Å²) in [5.41, 5.74) is 3.26. The highest BCUT2D eigenvalue weighted by Gasteiger charge is 2.20. The summed E-state index contributed by atoms with van der Waals surface area (Å²) in [4.78, 5) is 11.2. The van der Waals surface area contributed by atoms with Crippen LogP contribution in [0.3, 0.4) is 0 Å². The summed E-state index contributed by atoms with van der Waals surface area (Å²) in [7, 11) is 1.52. The number of hydrogen-bond acceptors (Lipinski definition) is 2. The topological polar surface area (TPSA) is 38.3 Å². The molecule has 3 rings (SSSR count). The molecule has 28 heavy (non-hydrogen) atoms. The number of amides is 1. The number of halogens is 2. The maximum absolute atomic E-state index is 15.5. The first-order valence-corrected chi connectivity index (χ1v) is 9.28. The highest BCUT2D eigenvalue weighted by molar-refractivity contribution is 6.30. The first-order valence-electron chi connectivity index (χ1n) is 8.90. The Kier molecular flexibility index (Phi) is 6.00. The largest absolute Gasteiger partial charge is 0.496 e. The van der Waals surface area contributed by atoms with Gasteiger partial charge in [0, 0.05) is 23.6 Å². The van der Waals surface area contributed by atoms with Crippen LogP contribution in [-0.2, 0) is 4.79 Å². The molecule has 3 nitrogen and oxygen atoms in total. The van der Waals surface area contributed by atoms with Gasteiger partial charge in [0.1, 0.15) is 11.6 Å². The third-order valence-electron chi connectivity index (χ3n) is 4.66. The van der Waals surface area contributed by atoms with Crippen molar-refractivity contribution in [2.45, 2.75) is 19.8 Å². The van der Waals surface area contributed by atoms with Crippen LogP contribution in [0, 0.1) is 5.82 Å². The van der Waals surface area contributed by atoms with Crippen LogP contribution in [0.4, 0.5) is 10.1 Å². The highest BCUT2D eigenvalue weighted by Crippen LogP contribution is 2.39. The number of hydrogen-bond donors (Lipinski definition) is 1. The van der Waals surface area contributed by atoms with Crippen molar-refractivity contribution >= 4 is 23.2 Å². The van der Waals surface area contributed by atoms with Gasteiger partial charge in [0.25, 0.3) is 0 Å². The molecular formula is C23H21ClFNO2. The predicted molar refractivity (Wildman–Crippen MR) is 112 cm³/mol. The molecule has 1 N–H and O–H groups in total. The Morgan fingerprint density at radius 2 is 1.82 bits per heavy atom. The number of methoxy groups -OCH3 is 1. The molecule has 5 heteroatoms. The van der Waals surface area contributed by atoms with Crippen LogP contribution >= 0.6 is 11.6 Å². The normalized spacial score (nSPS) is 11.8. The van der Waals surface area contributed by atoms with Gasteiger partial charge >= 0.3 is 0 Å². The van der Waals surface area contributed by atoms with Gasteiger partial charge in [-0.15, -0.1) is 0 Å². The Morgan fingerprint density at radius 3 is 2.43 bits per heavy atom. The van der Waals surface area contributed by atoms with E-state index < -0.39 is 0 Å². The van der Waals surface area contributed by atoms with E-state index in [1.807, 2.05) is 37.3 Å². The summed E-state index contributed by atoms with van der Waals surface area (Å²) >= 11 is 6.10. The molecule has 0 heterocycles. The number of nitrogens with one attached hydrogen (secondary N) is 1. The van der Waals surface area contributed by atoms with Crippen molar-refractivity contribution in [2.24, 2.45) is 0 Å². The van der Waals surface area contributed by atoms with Crippen LogP contribution in [0.2, 0.25) is 5.02 Å². The van der Waals surface area contributed by atoms with Crippen molar-refractivity contribution < 1.29 is 13.9 Å². The van der Waals surface area contributed by atoms with Crippen LogP contribution in [0.25, 0.3) is 11.1 Å². The van der Waals surface area contributed by atoms with Crippen LogP contribution < -0.4 is 10.1 Å². The van der Waals surface area contributed by atoms with Gasteiger partial charge < -0.3 is 10.1 Å². The van der Waals surface area contributed by atoms with Crippen LogP contribution in [0.1, 0.15) is 30.9 Å². The molecule has 3 aromatic carbocycles. The summed E-state index contributed by atoms with van der Waals surface area (Å²) in [6.45, 7) is 3.40. The molecule has 0 fully saturated rings. The van der Waals surface area contributed by atoms with E-state index in [1.165, 1.54) is 14.0 Å². The molecule has 0 aliphatic carbocycles. The quantitative estimate of drug-likeness (QED) is 0.551. The van der Waals surface area contributed by atoms with E-state index in [0.717, 1.165) is 5.56 Å². The maximum atomic E-state index is 15.5. The lowest BCUT2D eigenvalue weighted by Gasteiger charge is -2.18. The lowest BCUT2D eigenvalue weighted by Crippen LogP contribution is -2.06. The van der Waals surface area contributed by atoms with Crippen molar-refractivity contribution in [3.63, 3.8) is 0 Å². The fourth-order valence-corrected chi connectivity index (χ4v) is 3.42. The molecule has 0 aliphatic rings.